The summed E-state index contributed by atoms with van der Waals surface area (Å²) in [5.41, 5.74) is 2.49. The summed E-state index contributed by atoms with van der Waals surface area (Å²) >= 11 is 4.89. The zero-order valence-electron chi connectivity index (χ0n) is 12.8. The van der Waals surface area contributed by atoms with E-state index in [1.54, 1.807) is 0 Å². The second kappa shape index (κ2) is 7.63. The van der Waals surface area contributed by atoms with Crippen LogP contribution >= 0.6 is 27.7 Å². The summed E-state index contributed by atoms with van der Waals surface area (Å²) < 4.78 is 6.21. The number of hydrogen-bond acceptors (Lipinski definition) is 5. The lowest BCUT2D eigenvalue weighted by Gasteiger charge is -2.09. The number of amides is 1. The third kappa shape index (κ3) is 4.24. The van der Waals surface area contributed by atoms with Gasteiger partial charge in [-0.25, -0.2) is 0 Å². The van der Waals surface area contributed by atoms with Crippen LogP contribution < -0.4 is 5.32 Å². The van der Waals surface area contributed by atoms with Crippen molar-refractivity contribution in [3.05, 3.63) is 58.9 Å². The van der Waals surface area contributed by atoms with Gasteiger partial charge >= 0.3 is 0 Å². The fourth-order valence-corrected chi connectivity index (χ4v) is 3.02. The van der Waals surface area contributed by atoms with E-state index in [1.807, 2.05) is 49.4 Å². The average Bonchev–Trinajstić information content (AvgIpc) is 3.11. The topological polar surface area (TPSA) is 68.0 Å². The molecular formula is C17H14BrN3O2S. The highest BCUT2D eigenvalue weighted by Gasteiger charge is 2.10. The first kappa shape index (κ1) is 16.7. The molecule has 1 heterocycles. The molecule has 3 aromatic rings. The van der Waals surface area contributed by atoms with Crippen molar-refractivity contribution >= 4 is 39.3 Å². The lowest BCUT2D eigenvalue weighted by molar-refractivity contribution is -0.113. The number of halogens is 1. The Hall–Kier alpha value is -2.12. The Balaban J connectivity index is 1.65. The molecule has 0 bridgehead atoms. The normalized spacial score (nSPS) is 10.6. The second-order valence-electron chi connectivity index (χ2n) is 5.06. The van der Waals surface area contributed by atoms with Gasteiger partial charge in [-0.05, 0) is 48.9 Å². The zero-order chi connectivity index (χ0) is 16.9. The van der Waals surface area contributed by atoms with Crippen LogP contribution in [0, 0.1) is 6.92 Å². The Morgan fingerprint density at radius 1 is 1.25 bits per heavy atom. The average molecular weight is 404 g/mol. The minimum absolute atomic E-state index is 0.0614. The maximum absolute atomic E-state index is 12.2. The molecule has 1 N–H and O–H groups in total. The van der Waals surface area contributed by atoms with E-state index in [2.05, 4.69) is 31.4 Å². The predicted octanol–water partition coefficient (Wildman–Crippen LogP) is 4.54. The number of anilines is 1. The van der Waals surface area contributed by atoms with Crippen molar-refractivity contribution in [3.63, 3.8) is 0 Å². The van der Waals surface area contributed by atoms with E-state index in [0.717, 1.165) is 26.2 Å². The number of rotatable bonds is 5. The Kier molecular flexibility index (Phi) is 5.32. The molecular weight excluding hydrogens is 390 g/mol. The van der Waals surface area contributed by atoms with Crippen LogP contribution in [0.1, 0.15) is 5.56 Å². The van der Waals surface area contributed by atoms with Crippen molar-refractivity contribution in [1.29, 1.82) is 0 Å². The molecule has 2 aromatic carbocycles. The number of hydrogen-bond donors (Lipinski definition) is 1. The quantitative estimate of drug-likeness (QED) is 0.633. The van der Waals surface area contributed by atoms with Crippen molar-refractivity contribution < 1.29 is 9.21 Å². The molecule has 0 spiro atoms. The standard InChI is InChI=1S/C17H14BrN3O2S/c1-11-2-3-12(17-21-19-10-23-17)8-15(11)20-16(22)9-24-14-6-4-13(18)5-7-14/h2-8,10H,9H2,1H3,(H,20,22). The first-order valence-electron chi connectivity index (χ1n) is 7.17. The molecule has 0 atom stereocenters. The summed E-state index contributed by atoms with van der Waals surface area (Å²) in [5, 5.41) is 10.5. The number of aromatic nitrogens is 2. The Morgan fingerprint density at radius 2 is 2.04 bits per heavy atom. The van der Waals surface area contributed by atoms with Crippen molar-refractivity contribution in [2.24, 2.45) is 0 Å². The molecule has 0 saturated heterocycles. The van der Waals surface area contributed by atoms with E-state index >= 15 is 0 Å². The number of nitrogens with zero attached hydrogens (tertiary/aromatic N) is 2. The number of benzene rings is 2. The minimum Gasteiger partial charge on any atom is -0.423 e. The minimum atomic E-state index is -0.0614. The van der Waals surface area contributed by atoms with Crippen molar-refractivity contribution in [2.75, 3.05) is 11.1 Å². The van der Waals surface area contributed by atoms with Crippen LogP contribution in [0.5, 0.6) is 0 Å². The van der Waals surface area contributed by atoms with Gasteiger partial charge < -0.3 is 9.73 Å². The van der Waals surface area contributed by atoms with Gasteiger partial charge in [0.25, 0.3) is 0 Å². The molecule has 7 heteroatoms. The smallest absolute Gasteiger partial charge is 0.247 e. The van der Waals surface area contributed by atoms with Gasteiger partial charge in [-0.3, -0.25) is 4.79 Å². The number of carbonyl (C=O) groups excluding carboxylic acids is 1. The third-order valence-corrected chi connectivity index (χ3v) is 4.84. The van der Waals surface area contributed by atoms with E-state index < -0.39 is 0 Å². The fourth-order valence-electron chi connectivity index (χ4n) is 2.05. The summed E-state index contributed by atoms with van der Waals surface area (Å²) in [5.74, 6) is 0.703. The lowest BCUT2D eigenvalue weighted by Crippen LogP contribution is -2.14. The van der Waals surface area contributed by atoms with Gasteiger partial charge in [-0.15, -0.1) is 22.0 Å². The number of carbonyl (C=O) groups is 1. The summed E-state index contributed by atoms with van der Waals surface area (Å²) in [6.07, 6.45) is 1.28. The second-order valence-corrected chi connectivity index (χ2v) is 7.03. The molecule has 0 aliphatic heterocycles. The van der Waals surface area contributed by atoms with Crippen LogP contribution in [-0.2, 0) is 4.79 Å². The van der Waals surface area contributed by atoms with Crippen molar-refractivity contribution in [2.45, 2.75) is 11.8 Å². The number of thioether (sulfide) groups is 1. The van der Waals surface area contributed by atoms with Crippen LogP contribution in [0.3, 0.4) is 0 Å². The Morgan fingerprint density at radius 3 is 2.75 bits per heavy atom. The molecule has 0 unspecified atom stereocenters. The van der Waals surface area contributed by atoms with Gasteiger partial charge in [0, 0.05) is 20.6 Å². The molecule has 0 aliphatic carbocycles. The highest BCUT2D eigenvalue weighted by Crippen LogP contribution is 2.25. The SMILES string of the molecule is Cc1ccc(-c2nnco2)cc1NC(=O)CSc1ccc(Br)cc1. The van der Waals surface area contributed by atoms with Crippen LogP contribution in [0.2, 0.25) is 0 Å². The molecule has 1 amide bonds. The molecule has 0 fully saturated rings. The molecule has 5 nitrogen and oxygen atoms in total. The summed E-state index contributed by atoms with van der Waals surface area (Å²) in [7, 11) is 0. The first-order chi connectivity index (χ1) is 11.6. The molecule has 0 aliphatic rings. The molecule has 122 valence electrons. The van der Waals surface area contributed by atoms with Crippen molar-refractivity contribution in [1.82, 2.24) is 10.2 Å². The Labute approximate surface area is 152 Å². The van der Waals surface area contributed by atoms with E-state index in [1.165, 1.54) is 18.2 Å². The van der Waals surface area contributed by atoms with E-state index in [-0.39, 0.29) is 5.91 Å². The molecule has 1 aromatic heterocycles. The molecule has 0 saturated carbocycles. The fraction of sp³-hybridized carbons (Fsp3) is 0.118. The third-order valence-electron chi connectivity index (χ3n) is 3.30. The molecule has 24 heavy (non-hydrogen) atoms. The van der Waals surface area contributed by atoms with Gasteiger partial charge in [-0.1, -0.05) is 22.0 Å². The number of aryl methyl sites for hydroxylation is 1. The molecule has 0 radical (unpaired) electrons. The van der Waals surface area contributed by atoms with Gasteiger partial charge in [0.2, 0.25) is 18.2 Å². The van der Waals surface area contributed by atoms with Crippen LogP contribution in [-0.4, -0.2) is 21.9 Å². The van der Waals surface area contributed by atoms with E-state index in [0.29, 0.717) is 11.6 Å². The zero-order valence-corrected chi connectivity index (χ0v) is 15.2. The monoisotopic (exact) mass is 403 g/mol. The lowest BCUT2D eigenvalue weighted by atomic mass is 10.1. The largest absolute Gasteiger partial charge is 0.423 e. The van der Waals surface area contributed by atoms with Gasteiger partial charge in [0.1, 0.15) is 0 Å². The maximum Gasteiger partial charge on any atom is 0.247 e. The maximum atomic E-state index is 12.2. The van der Waals surface area contributed by atoms with Crippen LogP contribution in [0.15, 0.2) is 62.6 Å². The summed E-state index contributed by atoms with van der Waals surface area (Å²) in [6, 6.07) is 13.5. The molecule has 3 rings (SSSR count). The predicted molar refractivity (Wildman–Crippen MR) is 98.0 cm³/mol. The highest BCUT2D eigenvalue weighted by molar-refractivity contribution is 9.10. The Bertz CT molecular complexity index is 836. The first-order valence-corrected chi connectivity index (χ1v) is 8.95. The van der Waals surface area contributed by atoms with Crippen molar-refractivity contribution in [3.8, 4) is 11.5 Å². The summed E-state index contributed by atoms with van der Waals surface area (Å²) in [4.78, 5) is 13.3. The highest BCUT2D eigenvalue weighted by atomic mass is 79.9. The van der Waals surface area contributed by atoms with Gasteiger partial charge in [-0.2, -0.15) is 0 Å². The van der Waals surface area contributed by atoms with E-state index in [9.17, 15) is 4.79 Å². The van der Waals surface area contributed by atoms with Crippen LogP contribution in [0.4, 0.5) is 5.69 Å². The summed E-state index contributed by atoms with van der Waals surface area (Å²) in [6.45, 7) is 1.94. The number of nitrogens with one attached hydrogen (secondary N) is 1. The van der Waals surface area contributed by atoms with Crippen LogP contribution in [0.25, 0.3) is 11.5 Å². The van der Waals surface area contributed by atoms with E-state index in [4.69, 9.17) is 4.42 Å². The van der Waals surface area contributed by atoms with Gasteiger partial charge in [0.05, 0.1) is 5.75 Å². The van der Waals surface area contributed by atoms with Gasteiger partial charge in [0.15, 0.2) is 0 Å².